The third-order valence-electron chi connectivity index (χ3n) is 2.72. The Morgan fingerprint density at radius 1 is 1.43 bits per heavy atom. The van der Waals surface area contributed by atoms with E-state index in [-0.39, 0.29) is 24.9 Å². The van der Waals surface area contributed by atoms with Crippen LogP contribution in [0.2, 0.25) is 0 Å². The van der Waals surface area contributed by atoms with Crippen molar-refractivity contribution in [3.05, 3.63) is 29.1 Å². The quantitative estimate of drug-likeness (QED) is 0.886. The zero-order valence-electron chi connectivity index (χ0n) is 12.1. The predicted molar refractivity (Wildman–Crippen MR) is 88.6 cm³/mol. The van der Waals surface area contributed by atoms with Crippen molar-refractivity contribution in [2.24, 2.45) is 0 Å². The molecule has 0 radical (unpaired) electrons. The number of carbonyl (C=O) groups excluding carboxylic acids is 1. The number of anilines is 1. The van der Waals surface area contributed by atoms with Crippen molar-refractivity contribution < 1.29 is 9.53 Å². The van der Waals surface area contributed by atoms with Crippen molar-refractivity contribution in [3.8, 4) is 17.0 Å². The molecule has 1 aromatic carbocycles. The number of benzene rings is 1. The van der Waals surface area contributed by atoms with Gasteiger partial charge in [0, 0.05) is 10.9 Å². The highest BCUT2D eigenvalue weighted by atomic mass is 35.5. The van der Waals surface area contributed by atoms with Crippen molar-refractivity contribution in [1.82, 2.24) is 10.3 Å². The summed E-state index contributed by atoms with van der Waals surface area (Å²) in [6, 6.07) is 5.93. The number of amides is 1. The number of rotatable bonds is 5. The van der Waals surface area contributed by atoms with E-state index in [4.69, 9.17) is 4.74 Å². The van der Waals surface area contributed by atoms with Crippen LogP contribution in [0.4, 0.5) is 5.13 Å². The van der Waals surface area contributed by atoms with Gasteiger partial charge in [-0.3, -0.25) is 4.79 Å². The van der Waals surface area contributed by atoms with Crippen LogP contribution >= 0.6 is 23.7 Å². The lowest BCUT2D eigenvalue weighted by Crippen LogP contribution is -2.24. The largest absolute Gasteiger partial charge is 0.496 e. The van der Waals surface area contributed by atoms with Gasteiger partial charge in [0.25, 0.3) is 0 Å². The molecular weight excluding hydrogens is 310 g/mol. The second kappa shape index (κ2) is 7.97. The van der Waals surface area contributed by atoms with E-state index in [1.165, 1.54) is 11.3 Å². The van der Waals surface area contributed by atoms with E-state index in [1.807, 2.05) is 30.5 Å². The standard InChI is InChI=1S/C14H17N3O2S.ClH/c1-9-4-5-12(19-3)10(6-9)11-8-20-14(16-11)17-13(18)7-15-2;/h4-6,8,15H,7H2,1-3H3,(H,16,17,18);1H. The van der Waals surface area contributed by atoms with Crippen molar-refractivity contribution in [3.63, 3.8) is 0 Å². The molecule has 0 fully saturated rings. The number of thiazole rings is 1. The molecule has 2 aromatic rings. The molecule has 1 amide bonds. The van der Waals surface area contributed by atoms with Gasteiger partial charge in [0.15, 0.2) is 5.13 Å². The first kappa shape index (κ1) is 17.4. The van der Waals surface area contributed by atoms with Gasteiger partial charge in [0.1, 0.15) is 5.75 Å². The maximum absolute atomic E-state index is 11.5. The average Bonchev–Trinajstić information content (AvgIpc) is 2.87. The predicted octanol–water partition coefficient (Wildman–Crippen LogP) is 2.71. The molecule has 0 spiro atoms. The monoisotopic (exact) mass is 327 g/mol. The number of ether oxygens (including phenoxy) is 1. The van der Waals surface area contributed by atoms with E-state index >= 15 is 0 Å². The Balaban J connectivity index is 0.00000220. The molecule has 1 heterocycles. The fraction of sp³-hybridized carbons (Fsp3) is 0.286. The third kappa shape index (κ3) is 4.42. The zero-order chi connectivity index (χ0) is 14.5. The first-order chi connectivity index (χ1) is 9.63. The van der Waals surface area contributed by atoms with Gasteiger partial charge in [-0.25, -0.2) is 4.98 Å². The van der Waals surface area contributed by atoms with Gasteiger partial charge in [-0.2, -0.15) is 0 Å². The number of hydrogen-bond donors (Lipinski definition) is 2. The molecule has 5 nitrogen and oxygen atoms in total. The topological polar surface area (TPSA) is 63.2 Å². The van der Waals surface area contributed by atoms with Gasteiger partial charge in [0.2, 0.25) is 5.91 Å². The number of nitrogens with zero attached hydrogens (tertiary/aromatic N) is 1. The van der Waals surface area contributed by atoms with Crippen molar-refractivity contribution in [2.75, 3.05) is 26.0 Å². The van der Waals surface area contributed by atoms with E-state index in [9.17, 15) is 4.79 Å². The van der Waals surface area contributed by atoms with Crippen LogP contribution in [-0.2, 0) is 4.79 Å². The lowest BCUT2D eigenvalue weighted by atomic mass is 10.1. The second-order valence-corrected chi connectivity index (χ2v) is 5.18. The number of likely N-dealkylation sites (N-methyl/N-ethyl adjacent to an activating group) is 1. The molecule has 0 aliphatic rings. The number of aryl methyl sites for hydroxylation is 1. The lowest BCUT2D eigenvalue weighted by Gasteiger charge is -2.07. The molecule has 2 N–H and O–H groups in total. The first-order valence-corrected chi connectivity index (χ1v) is 7.07. The van der Waals surface area contributed by atoms with E-state index in [1.54, 1.807) is 14.2 Å². The molecule has 21 heavy (non-hydrogen) atoms. The maximum Gasteiger partial charge on any atom is 0.240 e. The molecule has 1 aromatic heterocycles. The molecule has 2 rings (SSSR count). The lowest BCUT2D eigenvalue weighted by molar-refractivity contribution is -0.115. The molecule has 0 saturated carbocycles. The van der Waals surface area contributed by atoms with Gasteiger partial charge in [0.05, 0.1) is 19.3 Å². The summed E-state index contributed by atoms with van der Waals surface area (Å²) in [6.07, 6.45) is 0. The minimum absolute atomic E-state index is 0. The molecule has 0 atom stereocenters. The van der Waals surface area contributed by atoms with Crippen molar-refractivity contribution in [2.45, 2.75) is 6.92 Å². The highest BCUT2D eigenvalue weighted by molar-refractivity contribution is 7.14. The SMILES string of the molecule is CNCC(=O)Nc1nc(-c2cc(C)ccc2OC)cs1.Cl. The van der Waals surface area contributed by atoms with E-state index < -0.39 is 0 Å². The number of methoxy groups -OCH3 is 1. The van der Waals surface area contributed by atoms with Crippen LogP contribution in [-0.4, -0.2) is 31.6 Å². The van der Waals surface area contributed by atoms with Crippen LogP contribution in [0.15, 0.2) is 23.6 Å². The van der Waals surface area contributed by atoms with Crippen molar-refractivity contribution in [1.29, 1.82) is 0 Å². The van der Waals surface area contributed by atoms with Crippen LogP contribution in [0.3, 0.4) is 0 Å². The van der Waals surface area contributed by atoms with Gasteiger partial charge in [-0.15, -0.1) is 23.7 Å². The molecule has 0 unspecified atom stereocenters. The molecule has 0 bridgehead atoms. The molecule has 7 heteroatoms. The van der Waals surface area contributed by atoms with Crippen LogP contribution in [0, 0.1) is 6.92 Å². The normalized spacial score (nSPS) is 9.86. The van der Waals surface area contributed by atoms with E-state index in [0.29, 0.717) is 5.13 Å². The highest BCUT2D eigenvalue weighted by Gasteiger charge is 2.11. The summed E-state index contributed by atoms with van der Waals surface area (Å²) >= 11 is 1.40. The summed E-state index contributed by atoms with van der Waals surface area (Å²) in [4.78, 5) is 15.9. The molecule has 0 aliphatic carbocycles. The minimum Gasteiger partial charge on any atom is -0.496 e. The Hall–Kier alpha value is -1.63. The first-order valence-electron chi connectivity index (χ1n) is 6.19. The summed E-state index contributed by atoms with van der Waals surface area (Å²) in [5.74, 6) is 0.665. The summed E-state index contributed by atoms with van der Waals surface area (Å²) in [7, 11) is 3.36. The Labute approximate surface area is 134 Å². The Bertz CT molecular complexity index is 616. The van der Waals surface area contributed by atoms with Crippen LogP contribution < -0.4 is 15.4 Å². The molecule has 114 valence electrons. The number of carbonyl (C=O) groups is 1. The van der Waals surface area contributed by atoms with Gasteiger partial charge in [-0.05, 0) is 26.1 Å². The van der Waals surface area contributed by atoms with E-state index in [0.717, 1.165) is 22.6 Å². The Morgan fingerprint density at radius 2 is 2.19 bits per heavy atom. The minimum atomic E-state index is -0.107. The highest BCUT2D eigenvalue weighted by Crippen LogP contribution is 2.32. The zero-order valence-corrected chi connectivity index (χ0v) is 13.7. The number of aromatic nitrogens is 1. The van der Waals surface area contributed by atoms with Crippen molar-refractivity contribution >= 4 is 34.8 Å². The smallest absolute Gasteiger partial charge is 0.240 e. The molecular formula is C14H18ClN3O2S. The molecule has 0 aliphatic heterocycles. The number of hydrogen-bond acceptors (Lipinski definition) is 5. The van der Waals surface area contributed by atoms with Gasteiger partial charge < -0.3 is 15.4 Å². The van der Waals surface area contributed by atoms with E-state index in [2.05, 4.69) is 15.6 Å². The second-order valence-electron chi connectivity index (χ2n) is 4.32. The van der Waals surface area contributed by atoms with Gasteiger partial charge in [-0.1, -0.05) is 11.6 Å². The number of halogens is 1. The number of nitrogens with one attached hydrogen (secondary N) is 2. The van der Waals surface area contributed by atoms with Crippen LogP contribution in [0.5, 0.6) is 5.75 Å². The summed E-state index contributed by atoms with van der Waals surface area (Å²) in [6.45, 7) is 2.29. The summed E-state index contributed by atoms with van der Waals surface area (Å²) < 4.78 is 5.35. The summed E-state index contributed by atoms with van der Waals surface area (Å²) in [5, 5.41) is 8.04. The van der Waals surface area contributed by atoms with Crippen LogP contribution in [0.1, 0.15) is 5.56 Å². The Kier molecular flexibility index (Phi) is 6.61. The molecule has 0 saturated heterocycles. The third-order valence-corrected chi connectivity index (χ3v) is 3.48. The Morgan fingerprint density at radius 3 is 2.86 bits per heavy atom. The summed E-state index contributed by atoms with van der Waals surface area (Å²) in [5.41, 5.74) is 2.86. The average molecular weight is 328 g/mol. The van der Waals surface area contributed by atoms with Gasteiger partial charge >= 0.3 is 0 Å². The van der Waals surface area contributed by atoms with Crippen LogP contribution in [0.25, 0.3) is 11.3 Å². The fourth-order valence-corrected chi connectivity index (χ4v) is 2.53. The fourth-order valence-electron chi connectivity index (χ4n) is 1.80. The maximum atomic E-state index is 11.5.